The maximum atomic E-state index is 13.1. The molecular formula is C24H27ClF3N5O3. The molecule has 8 nitrogen and oxygen atoms in total. The Morgan fingerprint density at radius 3 is 2.50 bits per heavy atom. The van der Waals surface area contributed by atoms with Crippen molar-refractivity contribution < 1.29 is 22.6 Å². The molecule has 1 fully saturated rings. The predicted octanol–water partition coefficient (Wildman–Crippen LogP) is 3.26. The number of alkyl halides is 3. The number of likely N-dealkylation sites (tertiary alicyclic amines) is 1. The Morgan fingerprint density at radius 2 is 1.75 bits per heavy atom. The number of ether oxygens (including phenoxy) is 2. The van der Waals surface area contributed by atoms with Gasteiger partial charge in [-0.3, -0.25) is 14.8 Å². The predicted molar refractivity (Wildman–Crippen MR) is 130 cm³/mol. The van der Waals surface area contributed by atoms with E-state index in [1.165, 1.54) is 16.7 Å². The molecule has 3 aromatic heterocycles. The van der Waals surface area contributed by atoms with Gasteiger partial charge in [-0.25, -0.2) is 0 Å². The van der Waals surface area contributed by atoms with Gasteiger partial charge in [-0.2, -0.15) is 13.2 Å². The second-order valence-corrected chi connectivity index (χ2v) is 8.77. The molecule has 0 radical (unpaired) electrons. The summed E-state index contributed by atoms with van der Waals surface area (Å²) in [4.78, 5) is 23.0. The number of hydrogen-bond donors (Lipinski definition) is 1. The minimum Gasteiger partial charge on any atom is -0.486 e. The van der Waals surface area contributed by atoms with Gasteiger partial charge < -0.3 is 24.3 Å². The molecule has 0 bridgehead atoms. The summed E-state index contributed by atoms with van der Waals surface area (Å²) < 4.78 is 51.9. The topological polar surface area (TPSA) is 81.5 Å². The number of nitrogens with one attached hydrogen (secondary N) is 1. The zero-order valence-corrected chi connectivity index (χ0v) is 20.3. The Hall–Kier alpha value is -2.89. The zero-order valence-electron chi connectivity index (χ0n) is 19.5. The summed E-state index contributed by atoms with van der Waals surface area (Å²) in [6.07, 6.45) is -0.169. The molecule has 1 N–H and O–H groups in total. The van der Waals surface area contributed by atoms with Crippen molar-refractivity contribution in [3.05, 3.63) is 58.3 Å². The van der Waals surface area contributed by atoms with Crippen LogP contribution in [0.1, 0.15) is 24.1 Å². The van der Waals surface area contributed by atoms with Gasteiger partial charge in [-0.1, -0.05) is 0 Å². The number of rotatable bonds is 6. The Morgan fingerprint density at radius 1 is 1.00 bits per heavy atom. The number of piperidine rings is 1. The van der Waals surface area contributed by atoms with E-state index in [-0.39, 0.29) is 23.5 Å². The second-order valence-electron chi connectivity index (χ2n) is 8.77. The van der Waals surface area contributed by atoms with Crippen molar-refractivity contribution in [2.75, 3.05) is 32.8 Å². The van der Waals surface area contributed by atoms with Crippen LogP contribution in [0, 0.1) is 0 Å². The largest absolute Gasteiger partial charge is 0.486 e. The Labute approximate surface area is 211 Å². The highest BCUT2D eigenvalue weighted by atomic mass is 35.5. The lowest BCUT2D eigenvalue weighted by Crippen LogP contribution is -2.43. The fourth-order valence-corrected chi connectivity index (χ4v) is 4.49. The van der Waals surface area contributed by atoms with Gasteiger partial charge in [0.05, 0.1) is 28.5 Å². The van der Waals surface area contributed by atoms with Crippen molar-refractivity contribution in [2.24, 2.45) is 0 Å². The SMILES string of the molecule is Cl.O=c1ccc2ncc(C(F)(F)F)cc2n1CCN1CCC(NCc2cc3c(cn2)OCCO3)CC1. The maximum absolute atomic E-state index is 13.1. The van der Waals surface area contributed by atoms with E-state index < -0.39 is 11.7 Å². The van der Waals surface area contributed by atoms with Gasteiger partial charge >= 0.3 is 6.18 Å². The van der Waals surface area contributed by atoms with Gasteiger partial charge in [0.15, 0.2) is 11.5 Å². The normalized spacial score (nSPS) is 16.6. The van der Waals surface area contributed by atoms with Crippen LogP contribution in [0.2, 0.25) is 0 Å². The number of fused-ring (bicyclic) bond motifs is 2. The molecule has 36 heavy (non-hydrogen) atoms. The standard InChI is InChI=1S/C24H26F3N5O3.ClH/c25-24(26,27)16-11-20-19(30-13-16)1-2-23(33)32(20)8-7-31-5-3-17(4-6-31)28-14-18-12-21-22(15-29-18)35-10-9-34-21;/h1-2,11-13,15,17,28H,3-10,14H2;1H. The van der Waals surface area contributed by atoms with Gasteiger partial charge in [-0.05, 0) is 38.1 Å². The van der Waals surface area contributed by atoms with E-state index in [4.69, 9.17) is 9.47 Å². The molecule has 5 rings (SSSR count). The molecule has 12 heteroatoms. The first kappa shape index (κ1) is 26.2. The molecule has 2 aliphatic rings. The van der Waals surface area contributed by atoms with Crippen LogP contribution in [0.4, 0.5) is 13.2 Å². The van der Waals surface area contributed by atoms with E-state index in [1.54, 1.807) is 6.20 Å². The molecule has 0 saturated carbocycles. The lowest BCUT2D eigenvalue weighted by Gasteiger charge is -2.32. The van der Waals surface area contributed by atoms with Gasteiger partial charge in [0.2, 0.25) is 0 Å². The van der Waals surface area contributed by atoms with E-state index >= 15 is 0 Å². The van der Waals surface area contributed by atoms with Crippen LogP contribution in [-0.4, -0.2) is 58.3 Å². The van der Waals surface area contributed by atoms with Crippen molar-refractivity contribution in [2.45, 2.75) is 38.1 Å². The third-order valence-electron chi connectivity index (χ3n) is 6.45. The average Bonchev–Trinajstić information content (AvgIpc) is 2.86. The first-order valence-electron chi connectivity index (χ1n) is 11.6. The van der Waals surface area contributed by atoms with Crippen LogP contribution in [-0.2, 0) is 19.3 Å². The second kappa shape index (κ2) is 11.0. The fraction of sp³-hybridized carbons (Fsp3) is 0.458. The van der Waals surface area contributed by atoms with Crippen LogP contribution < -0.4 is 20.3 Å². The van der Waals surface area contributed by atoms with E-state index in [2.05, 4.69) is 20.2 Å². The summed E-state index contributed by atoms with van der Waals surface area (Å²) in [5.74, 6) is 1.39. The first-order chi connectivity index (χ1) is 16.9. The zero-order chi connectivity index (χ0) is 24.4. The molecule has 2 aliphatic heterocycles. The maximum Gasteiger partial charge on any atom is 0.417 e. The summed E-state index contributed by atoms with van der Waals surface area (Å²) in [6.45, 7) is 4.24. The van der Waals surface area contributed by atoms with Gasteiger partial charge in [0.1, 0.15) is 13.2 Å². The molecule has 0 amide bonds. The van der Waals surface area contributed by atoms with Crippen LogP contribution in [0.5, 0.6) is 11.5 Å². The summed E-state index contributed by atoms with van der Waals surface area (Å²) in [6, 6.07) is 6.05. The van der Waals surface area contributed by atoms with Gasteiger partial charge in [-0.15, -0.1) is 12.4 Å². The molecular weight excluding hydrogens is 499 g/mol. The quantitative estimate of drug-likeness (QED) is 0.529. The van der Waals surface area contributed by atoms with Crippen molar-refractivity contribution in [3.8, 4) is 11.5 Å². The molecule has 194 valence electrons. The van der Waals surface area contributed by atoms with Crippen molar-refractivity contribution in [1.82, 2.24) is 24.8 Å². The van der Waals surface area contributed by atoms with Crippen LogP contribution in [0.3, 0.4) is 0 Å². The van der Waals surface area contributed by atoms with Crippen LogP contribution >= 0.6 is 12.4 Å². The highest BCUT2D eigenvalue weighted by Crippen LogP contribution is 2.30. The molecule has 0 aromatic carbocycles. The van der Waals surface area contributed by atoms with E-state index in [1.807, 2.05) is 6.07 Å². The number of hydrogen-bond acceptors (Lipinski definition) is 7. The highest BCUT2D eigenvalue weighted by molar-refractivity contribution is 5.85. The summed E-state index contributed by atoms with van der Waals surface area (Å²) in [7, 11) is 0. The van der Waals surface area contributed by atoms with Crippen molar-refractivity contribution in [1.29, 1.82) is 0 Å². The lowest BCUT2D eigenvalue weighted by atomic mass is 10.0. The molecule has 0 spiro atoms. The van der Waals surface area contributed by atoms with Crippen molar-refractivity contribution >= 4 is 23.4 Å². The summed E-state index contributed by atoms with van der Waals surface area (Å²) in [5.41, 5.74) is 0.272. The van der Waals surface area contributed by atoms with Gasteiger partial charge in [0.25, 0.3) is 5.56 Å². The average molecular weight is 526 g/mol. The first-order valence-corrected chi connectivity index (χ1v) is 11.6. The van der Waals surface area contributed by atoms with E-state index in [9.17, 15) is 18.0 Å². The van der Waals surface area contributed by atoms with E-state index in [0.29, 0.717) is 50.2 Å². The minimum absolute atomic E-state index is 0. The smallest absolute Gasteiger partial charge is 0.417 e. The highest BCUT2D eigenvalue weighted by Gasteiger charge is 2.31. The third-order valence-corrected chi connectivity index (χ3v) is 6.45. The summed E-state index contributed by atoms with van der Waals surface area (Å²) >= 11 is 0. The van der Waals surface area contributed by atoms with E-state index in [0.717, 1.165) is 49.6 Å². The van der Waals surface area contributed by atoms with Crippen LogP contribution in [0.25, 0.3) is 11.0 Å². The summed E-state index contributed by atoms with van der Waals surface area (Å²) in [5, 5.41) is 3.54. The number of halogens is 4. The molecule has 5 heterocycles. The Balaban J connectivity index is 0.00000304. The molecule has 0 aliphatic carbocycles. The lowest BCUT2D eigenvalue weighted by molar-refractivity contribution is -0.137. The fourth-order valence-electron chi connectivity index (χ4n) is 4.49. The Bertz CT molecular complexity index is 1260. The Kier molecular flexibility index (Phi) is 8.01. The third kappa shape index (κ3) is 5.91. The monoisotopic (exact) mass is 525 g/mol. The molecule has 0 atom stereocenters. The number of aromatic nitrogens is 3. The molecule has 0 unspecified atom stereocenters. The number of pyridine rings is 3. The number of nitrogens with zero attached hydrogens (tertiary/aromatic N) is 4. The molecule has 3 aromatic rings. The van der Waals surface area contributed by atoms with Crippen LogP contribution in [0.15, 0.2) is 41.5 Å². The minimum atomic E-state index is -4.51. The van der Waals surface area contributed by atoms with Gasteiger partial charge in [0, 0.05) is 44.0 Å². The van der Waals surface area contributed by atoms with Crippen molar-refractivity contribution in [3.63, 3.8) is 0 Å². The molecule has 1 saturated heterocycles.